The van der Waals surface area contributed by atoms with Gasteiger partial charge in [0, 0.05) is 38.0 Å². The lowest BCUT2D eigenvalue weighted by atomic mass is 9.97. The predicted octanol–water partition coefficient (Wildman–Crippen LogP) is 3.39. The summed E-state index contributed by atoms with van der Waals surface area (Å²) in [5, 5.41) is 5.10. The van der Waals surface area contributed by atoms with E-state index in [9.17, 15) is 14.4 Å². The van der Waals surface area contributed by atoms with Crippen LogP contribution >= 0.6 is 11.3 Å². The van der Waals surface area contributed by atoms with Crippen LogP contribution in [-0.4, -0.2) is 65.0 Å². The fourth-order valence-corrected chi connectivity index (χ4v) is 3.92. The van der Waals surface area contributed by atoms with Gasteiger partial charge < -0.3 is 19.9 Å². The molecular formula is C21H34N4O4S. The van der Waals surface area contributed by atoms with Gasteiger partial charge in [0.2, 0.25) is 11.8 Å². The van der Waals surface area contributed by atoms with E-state index in [1.807, 2.05) is 44.9 Å². The number of ether oxygens (including phenoxy) is 1. The highest BCUT2D eigenvalue weighted by molar-refractivity contribution is 7.13. The molecule has 0 spiro atoms. The first kappa shape index (κ1) is 24.1. The number of nitrogens with one attached hydrogen (secondary N) is 1. The Morgan fingerprint density at radius 3 is 2.70 bits per heavy atom. The van der Waals surface area contributed by atoms with Gasteiger partial charge in [-0.05, 0) is 39.5 Å². The molecule has 1 atom stereocenters. The summed E-state index contributed by atoms with van der Waals surface area (Å²) in [6, 6.07) is 0. The molecule has 1 unspecified atom stereocenters. The summed E-state index contributed by atoms with van der Waals surface area (Å²) in [5.41, 5.74) is 0.137. The SMILES string of the molecule is CC(C)C(=O)Nc1nc(CC(=O)N2CCCC(CN(C)C(=O)OC(C)(C)C)C2)cs1. The number of hydrogen-bond acceptors (Lipinski definition) is 6. The molecule has 1 aliphatic heterocycles. The van der Waals surface area contributed by atoms with Crippen molar-refractivity contribution in [2.24, 2.45) is 11.8 Å². The summed E-state index contributed by atoms with van der Waals surface area (Å²) in [6.45, 7) is 11.1. The third-order valence-corrected chi connectivity index (χ3v) is 5.55. The van der Waals surface area contributed by atoms with Gasteiger partial charge in [-0.15, -0.1) is 11.3 Å². The highest BCUT2D eigenvalue weighted by Gasteiger charge is 2.27. The Morgan fingerprint density at radius 1 is 1.37 bits per heavy atom. The maximum Gasteiger partial charge on any atom is 0.410 e. The van der Waals surface area contributed by atoms with Crippen LogP contribution in [0.2, 0.25) is 0 Å². The summed E-state index contributed by atoms with van der Waals surface area (Å²) in [7, 11) is 1.73. The molecule has 8 nitrogen and oxygen atoms in total. The van der Waals surface area contributed by atoms with E-state index < -0.39 is 5.60 Å². The van der Waals surface area contributed by atoms with Crippen LogP contribution in [0.4, 0.5) is 9.93 Å². The second kappa shape index (κ2) is 10.2. The molecule has 1 aromatic heterocycles. The molecule has 30 heavy (non-hydrogen) atoms. The Labute approximate surface area is 183 Å². The molecule has 1 fully saturated rings. The molecule has 9 heteroatoms. The van der Waals surface area contributed by atoms with Crippen molar-refractivity contribution in [1.29, 1.82) is 0 Å². The number of anilines is 1. The molecule has 1 aromatic rings. The van der Waals surface area contributed by atoms with E-state index in [1.165, 1.54) is 11.3 Å². The molecule has 1 aliphatic rings. The number of carbonyl (C=O) groups excluding carboxylic acids is 3. The van der Waals surface area contributed by atoms with Crippen LogP contribution in [0.25, 0.3) is 0 Å². The molecule has 0 saturated carbocycles. The van der Waals surface area contributed by atoms with Gasteiger partial charge >= 0.3 is 6.09 Å². The Hall–Kier alpha value is -2.16. The van der Waals surface area contributed by atoms with Crippen LogP contribution in [0.15, 0.2) is 5.38 Å². The fourth-order valence-electron chi connectivity index (χ4n) is 3.20. The molecule has 0 aliphatic carbocycles. The van der Waals surface area contributed by atoms with Crippen LogP contribution in [0.1, 0.15) is 53.2 Å². The van der Waals surface area contributed by atoms with Crippen molar-refractivity contribution in [2.75, 3.05) is 32.0 Å². The minimum Gasteiger partial charge on any atom is -0.444 e. The van der Waals surface area contributed by atoms with E-state index in [0.29, 0.717) is 30.5 Å². The lowest BCUT2D eigenvalue weighted by Crippen LogP contribution is -2.45. The van der Waals surface area contributed by atoms with Crippen molar-refractivity contribution >= 4 is 34.4 Å². The average molecular weight is 439 g/mol. The van der Waals surface area contributed by atoms with E-state index in [2.05, 4.69) is 10.3 Å². The molecule has 0 aromatic carbocycles. The largest absolute Gasteiger partial charge is 0.444 e. The Morgan fingerprint density at radius 2 is 2.07 bits per heavy atom. The smallest absolute Gasteiger partial charge is 0.410 e. The van der Waals surface area contributed by atoms with Crippen molar-refractivity contribution in [2.45, 2.75) is 59.5 Å². The van der Waals surface area contributed by atoms with Crippen LogP contribution in [0.3, 0.4) is 0 Å². The Bertz CT molecular complexity index is 756. The van der Waals surface area contributed by atoms with Gasteiger partial charge in [0.25, 0.3) is 0 Å². The number of hydrogen-bond donors (Lipinski definition) is 1. The molecule has 2 heterocycles. The van der Waals surface area contributed by atoms with Crippen molar-refractivity contribution in [1.82, 2.24) is 14.8 Å². The van der Waals surface area contributed by atoms with E-state index in [4.69, 9.17) is 4.74 Å². The quantitative estimate of drug-likeness (QED) is 0.735. The number of nitrogens with zero attached hydrogens (tertiary/aromatic N) is 3. The highest BCUT2D eigenvalue weighted by Crippen LogP contribution is 2.21. The van der Waals surface area contributed by atoms with Crippen LogP contribution in [-0.2, 0) is 20.7 Å². The number of piperidine rings is 1. The van der Waals surface area contributed by atoms with Crippen LogP contribution in [0, 0.1) is 11.8 Å². The van der Waals surface area contributed by atoms with Crippen molar-refractivity contribution < 1.29 is 19.1 Å². The first-order valence-electron chi connectivity index (χ1n) is 10.4. The zero-order chi connectivity index (χ0) is 22.5. The summed E-state index contributed by atoms with van der Waals surface area (Å²) < 4.78 is 5.41. The van der Waals surface area contributed by atoms with Crippen molar-refractivity contribution in [3.63, 3.8) is 0 Å². The summed E-state index contributed by atoms with van der Waals surface area (Å²) in [4.78, 5) is 44.5. The molecule has 3 amide bonds. The highest BCUT2D eigenvalue weighted by atomic mass is 32.1. The molecule has 0 radical (unpaired) electrons. The molecule has 0 bridgehead atoms. The fraction of sp³-hybridized carbons (Fsp3) is 0.714. The number of rotatable bonds is 6. The maximum atomic E-state index is 12.8. The summed E-state index contributed by atoms with van der Waals surface area (Å²) in [6.07, 6.45) is 1.75. The van der Waals surface area contributed by atoms with Gasteiger partial charge in [-0.1, -0.05) is 13.8 Å². The number of carbonyl (C=O) groups is 3. The third-order valence-electron chi connectivity index (χ3n) is 4.75. The summed E-state index contributed by atoms with van der Waals surface area (Å²) in [5.74, 6) is 0.0292. The normalized spacial score (nSPS) is 17.0. The van der Waals surface area contributed by atoms with E-state index in [0.717, 1.165) is 12.8 Å². The second-order valence-electron chi connectivity index (χ2n) is 9.17. The van der Waals surface area contributed by atoms with Crippen molar-refractivity contribution in [3.8, 4) is 0 Å². The minimum atomic E-state index is -0.527. The van der Waals surface area contributed by atoms with Crippen LogP contribution < -0.4 is 5.32 Å². The molecule has 168 valence electrons. The first-order chi connectivity index (χ1) is 13.9. The van der Waals surface area contributed by atoms with Gasteiger partial charge in [0.1, 0.15) is 5.60 Å². The standard InChI is InChI=1S/C21H34N4O4S/c1-14(2)18(27)23-19-22-16(13-30-19)10-17(26)25-9-7-8-15(12-25)11-24(6)20(28)29-21(3,4)5/h13-15H,7-12H2,1-6H3,(H,22,23,27). The first-order valence-corrected chi connectivity index (χ1v) is 11.3. The predicted molar refractivity (Wildman–Crippen MR) is 117 cm³/mol. The van der Waals surface area contributed by atoms with Crippen LogP contribution in [0.5, 0.6) is 0 Å². The lowest BCUT2D eigenvalue weighted by molar-refractivity contribution is -0.132. The number of aromatic nitrogens is 1. The van der Waals surface area contributed by atoms with Gasteiger partial charge in [-0.2, -0.15) is 0 Å². The monoisotopic (exact) mass is 438 g/mol. The Kier molecular flexibility index (Phi) is 8.23. The van der Waals surface area contributed by atoms with Gasteiger partial charge in [0.05, 0.1) is 12.1 Å². The van der Waals surface area contributed by atoms with Crippen molar-refractivity contribution in [3.05, 3.63) is 11.1 Å². The Balaban J connectivity index is 1.86. The van der Waals surface area contributed by atoms with Gasteiger partial charge in [-0.3, -0.25) is 9.59 Å². The number of thiazole rings is 1. The second-order valence-corrected chi connectivity index (χ2v) is 10.0. The van der Waals surface area contributed by atoms with Gasteiger partial charge in [0.15, 0.2) is 5.13 Å². The topological polar surface area (TPSA) is 91.8 Å². The minimum absolute atomic E-state index is 0.0201. The lowest BCUT2D eigenvalue weighted by Gasteiger charge is -2.35. The molecule has 2 rings (SSSR count). The molecule has 1 saturated heterocycles. The molecular weight excluding hydrogens is 404 g/mol. The maximum absolute atomic E-state index is 12.8. The zero-order valence-corrected chi connectivity index (χ0v) is 19.7. The zero-order valence-electron chi connectivity index (χ0n) is 18.9. The van der Waals surface area contributed by atoms with E-state index in [-0.39, 0.29) is 36.2 Å². The van der Waals surface area contributed by atoms with Gasteiger partial charge in [-0.25, -0.2) is 9.78 Å². The molecule has 1 N–H and O–H groups in total. The average Bonchev–Trinajstić information content (AvgIpc) is 3.07. The third kappa shape index (κ3) is 7.59. The summed E-state index contributed by atoms with van der Waals surface area (Å²) >= 11 is 1.33. The number of amides is 3. The number of likely N-dealkylation sites (tertiary alicyclic amines) is 1. The van der Waals surface area contributed by atoms with E-state index >= 15 is 0 Å². The van der Waals surface area contributed by atoms with E-state index in [1.54, 1.807) is 11.9 Å².